The Kier molecular flexibility index (Phi) is 7.67. The van der Waals surface area contributed by atoms with Gasteiger partial charge < -0.3 is 20.4 Å². The van der Waals surface area contributed by atoms with Crippen LogP contribution in [0.15, 0.2) is 36.7 Å². The minimum absolute atomic E-state index is 0. The van der Waals surface area contributed by atoms with Crippen LogP contribution >= 0.6 is 12.4 Å². The molecular weight excluding hydrogens is 318 g/mol. The predicted octanol–water partition coefficient (Wildman–Crippen LogP) is 1.75. The lowest BCUT2D eigenvalue weighted by molar-refractivity contribution is -0.390. The van der Waals surface area contributed by atoms with Gasteiger partial charge in [0.25, 0.3) is 0 Å². The van der Waals surface area contributed by atoms with Crippen molar-refractivity contribution in [3.8, 4) is 0 Å². The molecule has 0 radical (unpaired) electrons. The van der Waals surface area contributed by atoms with E-state index in [4.69, 9.17) is 5.73 Å². The molecule has 1 heterocycles. The second-order valence-corrected chi connectivity index (χ2v) is 5.18. The first-order chi connectivity index (χ1) is 10.6. The molecule has 0 aliphatic heterocycles. The molecule has 8 heteroatoms. The molecule has 126 valence electrons. The van der Waals surface area contributed by atoms with Crippen LogP contribution in [0.2, 0.25) is 0 Å². The van der Waals surface area contributed by atoms with Crippen LogP contribution in [0, 0.1) is 10.1 Å². The van der Waals surface area contributed by atoms with Crippen molar-refractivity contribution in [1.29, 1.82) is 0 Å². The van der Waals surface area contributed by atoms with Crippen molar-refractivity contribution in [3.63, 3.8) is 0 Å². The van der Waals surface area contributed by atoms with Gasteiger partial charge >= 0.3 is 5.82 Å². The number of nitrogens with zero attached hydrogens (tertiary/aromatic N) is 4. The highest BCUT2D eigenvalue weighted by Gasteiger charge is 2.21. The van der Waals surface area contributed by atoms with E-state index in [1.165, 1.54) is 11.9 Å². The number of hydrogen-bond donors (Lipinski definition) is 1. The molecule has 2 rings (SSSR count). The van der Waals surface area contributed by atoms with E-state index in [1.807, 2.05) is 18.2 Å². The highest BCUT2D eigenvalue weighted by Crippen LogP contribution is 2.17. The number of benzene rings is 1. The van der Waals surface area contributed by atoms with E-state index in [2.05, 4.69) is 22.0 Å². The summed E-state index contributed by atoms with van der Waals surface area (Å²) in [6, 6.07) is 10.2. The first kappa shape index (κ1) is 19.1. The third kappa shape index (κ3) is 5.31. The molecule has 0 spiro atoms. The fourth-order valence-electron chi connectivity index (χ4n) is 2.37. The summed E-state index contributed by atoms with van der Waals surface area (Å²) < 4.78 is 1.70. The molecule has 0 saturated heterocycles. The summed E-state index contributed by atoms with van der Waals surface area (Å²) >= 11 is 0. The molecule has 0 amide bonds. The molecule has 0 fully saturated rings. The van der Waals surface area contributed by atoms with E-state index in [0.717, 1.165) is 13.0 Å². The first-order valence-electron chi connectivity index (χ1n) is 7.22. The number of aromatic nitrogens is 2. The highest BCUT2D eigenvalue weighted by molar-refractivity contribution is 5.85. The fraction of sp³-hybridized carbons (Fsp3) is 0.400. The van der Waals surface area contributed by atoms with E-state index in [-0.39, 0.29) is 18.2 Å². The zero-order valence-electron chi connectivity index (χ0n) is 13.1. The minimum Gasteiger partial charge on any atom is -0.358 e. The molecule has 1 aromatic heterocycles. The average Bonchev–Trinajstić information content (AvgIpc) is 2.87. The summed E-state index contributed by atoms with van der Waals surface area (Å²) in [5, 5.41) is 11.0. The van der Waals surface area contributed by atoms with Crippen LogP contribution in [0.5, 0.6) is 0 Å². The molecule has 2 N–H and O–H groups in total. The zero-order chi connectivity index (χ0) is 15.9. The summed E-state index contributed by atoms with van der Waals surface area (Å²) in [6.07, 6.45) is 2.36. The Bertz CT molecular complexity index is 618. The van der Waals surface area contributed by atoms with Crippen LogP contribution in [0.25, 0.3) is 0 Å². The maximum Gasteiger partial charge on any atom is 0.386 e. The molecule has 7 nitrogen and oxygen atoms in total. The summed E-state index contributed by atoms with van der Waals surface area (Å²) in [6.45, 7) is 2.47. The van der Waals surface area contributed by atoms with Crippen molar-refractivity contribution in [3.05, 3.63) is 58.0 Å². The van der Waals surface area contributed by atoms with Crippen molar-refractivity contribution in [1.82, 2.24) is 14.5 Å². The van der Waals surface area contributed by atoms with E-state index >= 15 is 0 Å². The smallest absolute Gasteiger partial charge is 0.358 e. The number of rotatable bonds is 8. The van der Waals surface area contributed by atoms with E-state index in [1.54, 1.807) is 11.6 Å². The number of hydrogen-bond acceptors (Lipinski definition) is 5. The van der Waals surface area contributed by atoms with Crippen LogP contribution in [0.4, 0.5) is 5.82 Å². The monoisotopic (exact) mass is 339 g/mol. The molecule has 0 bridgehead atoms. The summed E-state index contributed by atoms with van der Waals surface area (Å²) in [5.74, 6) is -0.0794. The molecule has 23 heavy (non-hydrogen) atoms. The van der Waals surface area contributed by atoms with Crippen LogP contribution in [0.3, 0.4) is 0 Å². The third-order valence-corrected chi connectivity index (χ3v) is 3.59. The Hall–Kier alpha value is -1.96. The van der Waals surface area contributed by atoms with Gasteiger partial charge in [-0.3, -0.25) is 4.90 Å². The topological polar surface area (TPSA) is 90.2 Å². The fourth-order valence-corrected chi connectivity index (χ4v) is 2.37. The van der Waals surface area contributed by atoms with Crippen molar-refractivity contribution in [2.75, 3.05) is 19.6 Å². The molecule has 0 aliphatic rings. The first-order valence-corrected chi connectivity index (χ1v) is 7.22. The van der Waals surface area contributed by atoms with E-state index in [0.29, 0.717) is 25.3 Å². The van der Waals surface area contributed by atoms with Gasteiger partial charge in [-0.05, 0) is 21.9 Å². The van der Waals surface area contributed by atoms with Gasteiger partial charge in [0, 0.05) is 33.2 Å². The van der Waals surface area contributed by atoms with Gasteiger partial charge in [-0.15, -0.1) is 12.4 Å². The van der Waals surface area contributed by atoms with Crippen LogP contribution < -0.4 is 5.73 Å². The molecular formula is C15H22ClN5O2. The lowest BCUT2D eigenvalue weighted by atomic mass is 10.1. The standard InChI is InChI=1S/C15H21N5O2.ClH/c1-18-12-17-15(20(21)22)14(18)11-19(10-8-16)9-7-13-5-3-2-4-6-13;/h2-6,12H,7-11,16H2,1H3;1H. The number of imidazole rings is 1. The van der Waals surface area contributed by atoms with Crippen molar-refractivity contribution < 1.29 is 4.92 Å². The van der Waals surface area contributed by atoms with Gasteiger partial charge in [0.05, 0.1) is 0 Å². The largest absolute Gasteiger partial charge is 0.386 e. The average molecular weight is 340 g/mol. The SMILES string of the molecule is Cl.Cn1cnc([N+](=O)[O-])c1CN(CCN)CCc1ccccc1. The normalized spacial score (nSPS) is 10.6. The highest BCUT2D eigenvalue weighted by atomic mass is 35.5. The molecule has 1 aromatic carbocycles. The second kappa shape index (κ2) is 9.24. The van der Waals surface area contributed by atoms with Crippen molar-refractivity contribution >= 4 is 18.2 Å². The minimum atomic E-state index is -0.437. The number of nitrogens with two attached hydrogens (primary N) is 1. The van der Waals surface area contributed by atoms with Gasteiger partial charge in [0.1, 0.15) is 5.69 Å². The Morgan fingerprint density at radius 3 is 2.61 bits per heavy atom. The van der Waals surface area contributed by atoms with Gasteiger partial charge in [-0.1, -0.05) is 30.3 Å². The number of halogens is 1. The Morgan fingerprint density at radius 2 is 2.00 bits per heavy atom. The maximum absolute atomic E-state index is 11.0. The Labute approximate surface area is 141 Å². The lowest BCUT2D eigenvalue weighted by Crippen LogP contribution is -2.32. The molecule has 2 aromatic rings. The Balaban J connectivity index is 0.00000264. The molecule has 0 saturated carbocycles. The van der Waals surface area contributed by atoms with Gasteiger partial charge in [-0.25, -0.2) is 0 Å². The van der Waals surface area contributed by atoms with E-state index < -0.39 is 4.92 Å². The van der Waals surface area contributed by atoms with Gasteiger partial charge in [0.2, 0.25) is 6.33 Å². The second-order valence-electron chi connectivity index (χ2n) is 5.18. The van der Waals surface area contributed by atoms with Crippen LogP contribution in [-0.2, 0) is 20.0 Å². The summed E-state index contributed by atoms with van der Waals surface area (Å²) in [4.78, 5) is 16.6. The summed E-state index contributed by atoms with van der Waals surface area (Å²) in [5.41, 5.74) is 7.51. The number of aryl methyl sites for hydroxylation is 1. The van der Waals surface area contributed by atoms with E-state index in [9.17, 15) is 10.1 Å². The quantitative estimate of drug-likeness (QED) is 0.584. The number of nitro groups is 1. The lowest BCUT2D eigenvalue weighted by Gasteiger charge is -2.21. The zero-order valence-corrected chi connectivity index (χ0v) is 13.9. The van der Waals surface area contributed by atoms with Gasteiger partial charge in [0.15, 0.2) is 0 Å². The van der Waals surface area contributed by atoms with Crippen molar-refractivity contribution in [2.24, 2.45) is 12.8 Å². The van der Waals surface area contributed by atoms with Crippen LogP contribution in [-0.4, -0.2) is 39.0 Å². The predicted molar refractivity (Wildman–Crippen MR) is 91.6 cm³/mol. The Morgan fingerprint density at radius 1 is 1.30 bits per heavy atom. The van der Waals surface area contributed by atoms with Gasteiger partial charge in [-0.2, -0.15) is 0 Å². The molecule has 0 unspecified atom stereocenters. The third-order valence-electron chi connectivity index (χ3n) is 3.59. The van der Waals surface area contributed by atoms with Crippen molar-refractivity contribution in [2.45, 2.75) is 13.0 Å². The molecule has 0 aliphatic carbocycles. The maximum atomic E-state index is 11.0. The van der Waals surface area contributed by atoms with Crippen LogP contribution in [0.1, 0.15) is 11.3 Å². The summed E-state index contributed by atoms with van der Waals surface area (Å²) in [7, 11) is 1.77. The molecule has 0 atom stereocenters.